The first-order valence-electron chi connectivity index (χ1n) is 7.13. The molecule has 122 valence electrons. The topological polar surface area (TPSA) is 72.3 Å². The second-order valence-electron chi connectivity index (χ2n) is 5.43. The van der Waals surface area contributed by atoms with Crippen LogP contribution < -0.4 is 0 Å². The smallest absolute Gasteiger partial charge is 0.172 e. The Kier molecular flexibility index (Phi) is 3.86. The van der Waals surface area contributed by atoms with E-state index >= 15 is 0 Å². The van der Waals surface area contributed by atoms with Gasteiger partial charge in [0.2, 0.25) is 12.4 Å². The summed E-state index contributed by atoms with van der Waals surface area (Å²) in [6.07, 6.45) is -1.20. The van der Waals surface area contributed by atoms with E-state index in [1.807, 2.05) is 6.92 Å². The maximum Gasteiger partial charge on any atom is 0.416 e. The molecule has 0 aromatic heterocycles. The molecule has 2 aromatic rings. The van der Waals surface area contributed by atoms with Crippen LogP contribution in [0.2, 0.25) is 0 Å². The number of alkyl halides is 3. The molecule has 0 aliphatic heterocycles. The number of fused-ring (bicyclic) bond motifs is 2. The van der Waals surface area contributed by atoms with E-state index in [9.17, 15) is 13.2 Å². The van der Waals surface area contributed by atoms with Gasteiger partial charge in [0.1, 0.15) is 0 Å². The number of aliphatic imine (C=N–C) groups is 2. The molecular weight excluding hydrogens is 329 g/mol. The number of benzene rings is 2. The average molecular weight is 338 g/mol. The fraction of sp³-hybridized carbons (Fsp3) is 0.111. The number of halogens is 3. The number of rotatable bonds is 0. The minimum Gasteiger partial charge on any atom is -0.172 e. The fourth-order valence-electron chi connectivity index (χ4n) is 2.81. The summed E-state index contributed by atoms with van der Waals surface area (Å²) in [6.45, 7) is 1.84. The Balaban J connectivity index is 2.40. The first-order chi connectivity index (χ1) is 11.9. The van der Waals surface area contributed by atoms with Gasteiger partial charge in [0, 0.05) is 22.3 Å². The zero-order valence-corrected chi connectivity index (χ0v) is 12.9. The molecule has 0 atom stereocenters. The predicted octanol–water partition coefficient (Wildman–Crippen LogP) is 3.96. The normalized spacial score (nSPS) is 16.1. The lowest BCUT2D eigenvalue weighted by Gasteiger charge is -2.23. The van der Waals surface area contributed by atoms with Crippen molar-refractivity contribution in [2.75, 3.05) is 0 Å². The summed E-state index contributed by atoms with van der Waals surface area (Å²) in [6, 6.07) is 8.30. The molecule has 0 unspecified atom stereocenters. The van der Waals surface area contributed by atoms with Crippen molar-refractivity contribution in [2.24, 2.45) is 9.98 Å². The lowest BCUT2D eigenvalue weighted by atomic mass is 9.81. The molecule has 1 aliphatic carbocycles. The Hall–Kier alpha value is -3.45. The van der Waals surface area contributed by atoms with E-state index in [1.54, 1.807) is 30.6 Å². The maximum absolute atomic E-state index is 13.1. The molecule has 1 aliphatic rings. The van der Waals surface area contributed by atoms with E-state index < -0.39 is 11.7 Å². The third-order valence-electron chi connectivity index (χ3n) is 3.87. The molecule has 0 fully saturated rings. The van der Waals surface area contributed by atoms with Gasteiger partial charge >= 0.3 is 6.18 Å². The van der Waals surface area contributed by atoms with Crippen LogP contribution in [0.25, 0.3) is 0 Å². The van der Waals surface area contributed by atoms with Crippen LogP contribution >= 0.6 is 0 Å². The van der Waals surface area contributed by atoms with E-state index in [0.29, 0.717) is 16.7 Å². The molecule has 0 spiro atoms. The van der Waals surface area contributed by atoms with Crippen LogP contribution in [-0.2, 0) is 6.18 Å². The summed E-state index contributed by atoms with van der Waals surface area (Å²) < 4.78 is 39.2. The molecule has 7 heteroatoms. The van der Waals surface area contributed by atoms with Crippen molar-refractivity contribution in [3.8, 4) is 12.4 Å². The summed E-state index contributed by atoms with van der Waals surface area (Å²) in [5, 5.41) is 18.0. The molecule has 4 nitrogen and oxygen atoms in total. The van der Waals surface area contributed by atoms with Gasteiger partial charge in [-0.3, -0.25) is 0 Å². The summed E-state index contributed by atoms with van der Waals surface area (Å²) in [7, 11) is 0. The highest BCUT2D eigenvalue weighted by Gasteiger charge is 2.34. The molecule has 0 saturated heterocycles. The van der Waals surface area contributed by atoms with Crippen molar-refractivity contribution in [2.45, 2.75) is 13.1 Å². The second kappa shape index (κ2) is 5.88. The van der Waals surface area contributed by atoms with Crippen LogP contribution in [0.5, 0.6) is 0 Å². The lowest BCUT2D eigenvalue weighted by molar-refractivity contribution is -0.137. The zero-order chi connectivity index (χ0) is 18.2. The Morgan fingerprint density at radius 2 is 1.32 bits per heavy atom. The Bertz CT molecular complexity index is 1020. The van der Waals surface area contributed by atoms with Gasteiger partial charge in [0.05, 0.1) is 17.0 Å². The van der Waals surface area contributed by atoms with Crippen molar-refractivity contribution in [1.82, 2.24) is 0 Å². The van der Waals surface area contributed by atoms with Crippen LogP contribution in [0.15, 0.2) is 46.4 Å². The first-order valence-corrected chi connectivity index (χ1v) is 7.13. The van der Waals surface area contributed by atoms with Gasteiger partial charge in [0.15, 0.2) is 0 Å². The van der Waals surface area contributed by atoms with E-state index in [0.717, 1.165) is 17.7 Å². The van der Waals surface area contributed by atoms with Crippen LogP contribution in [0.3, 0.4) is 0 Å². The quantitative estimate of drug-likeness (QED) is 0.582. The third-order valence-corrected chi connectivity index (χ3v) is 3.87. The van der Waals surface area contributed by atoms with Crippen LogP contribution in [0.4, 0.5) is 13.2 Å². The number of hydrogen-bond donors (Lipinski definition) is 0. The van der Waals surface area contributed by atoms with E-state index in [4.69, 9.17) is 10.5 Å². The highest BCUT2D eigenvalue weighted by molar-refractivity contribution is 6.32. The number of nitrogens with zero attached hydrogens (tertiary/aromatic N) is 4. The predicted molar refractivity (Wildman–Crippen MR) is 85.1 cm³/mol. The van der Waals surface area contributed by atoms with Gasteiger partial charge in [-0.2, -0.15) is 33.7 Å². The molecule has 0 radical (unpaired) electrons. The first kappa shape index (κ1) is 16.4. The fourth-order valence-corrected chi connectivity index (χ4v) is 2.81. The van der Waals surface area contributed by atoms with Gasteiger partial charge in [-0.05, 0) is 25.1 Å². The van der Waals surface area contributed by atoms with Gasteiger partial charge in [0.25, 0.3) is 0 Å². The molecular formula is C18H9F3N4. The molecule has 3 rings (SSSR count). The molecule has 0 heterocycles. The second-order valence-corrected chi connectivity index (χ2v) is 5.43. The zero-order valence-electron chi connectivity index (χ0n) is 12.9. The molecule has 0 N–H and O–H groups in total. The SMILES string of the molecule is Cc1ccc2c(c1)C(=NC#N)c1ccc(C(F)(F)F)cc1C2=NC#N. The average Bonchev–Trinajstić information content (AvgIpc) is 2.56. The van der Waals surface area contributed by atoms with E-state index in [2.05, 4.69) is 9.98 Å². The summed E-state index contributed by atoms with van der Waals surface area (Å²) >= 11 is 0. The van der Waals surface area contributed by atoms with Gasteiger partial charge in [-0.25, -0.2) is 0 Å². The van der Waals surface area contributed by atoms with Gasteiger partial charge in [-0.15, -0.1) is 0 Å². The molecule has 0 amide bonds. The Morgan fingerprint density at radius 1 is 0.800 bits per heavy atom. The standard InChI is InChI=1S/C18H9F3N4/c1-10-2-4-12-14(6-10)16(24-8-22)13-5-3-11(18(19,20)21)7-15(13)17(12)25-9-23/h2-7H,1H3. The molecule has 0 saturated carbocycles. The number of nitriles is 2. The monoisotopic (exact) mass is 338 g/mol. The van der Waals surface area contributed by atoms with Crippen LogP contribution in [0, 0.1) is 29.8 Å². The van der Waals surface area contributed by atoms with Crippen molar-refractivity contribution >= 4 is 11.4 Å². The maximum atomic E-state index is 13.1. The van der Waals surface area contributed by atoms with Crippen LogP contribution in [0.1, 0.15) is 33.4 Å². The lowest BCUT2D eigenvalue weighted by Crippen LogP contribution is -2.23. The highest BCUT2D eigenvalue weighted by atomic mass is 19.4. The van der Waals surface area contributed by atoms with E-state index in [1.165, 1.54) is 6.07 Å². The Morgan fingerprint density at radius 3 is 1.84 bits per heavy atom. The molecule has 2 aromatic carbocycles. The van der Waals surface area contributed by atoms with Crippen molar-refractivity contribution in [3.05, 3.63) is 69.8 Å². The number of aryl methyl sites for hydroxylation is 1. The third kappa shape index (κ3) is 2.77. The number of hydrogen-bond acceptors (Lipinski definition) is 4. The van der Waals surface area contributed by atoms with Crippen molar-refractivity contribution in [1.29, 1.82) is 10.5 Å². The minimum atomic E-state index is -4.53. The van der Waals surface area contributed by atoms with Gasteiger partial charge in [-0.1, -0.05) is 23.8 Å². The minimum absolute atomic E-state index is 0.127. The van der Waals surface area contributed by atoms with Crippen molar-refractivity contribution < 1.29 is 13.2 Å². The van der Waals surface area contributed by atoms with E-state index in [-0.39, 0.29) is 17.0 Å². The van der Waals surface area contributed by atoms with Crippen LogP contribution in [-0.4, -0.2) is 11.4 Å². The Labute approximate surface area is 141 Å². The molecule has 25 heavy (non-hydrogen) atoms. The highest BCUT2D eigenvalue weighted by Crippen LogP contribution is 2.35. The largest absolute Gasteiger partial charge is 0.416 e. The summed E-state index contributed by atoms with van der Waals surface area (Å²) in [4.78, 5) is 7.53. The van der Waals surface area contributed by atoms with Gasteiger partial charge < -0.3 is 0 Å². The summed E-state index contributed by atoms with van der Waals surface area (Å²) in [5.41, 5.74) is 1.91. The summed E-state index contributed by atoms with van der Waals surface area (Å²) in [5.74, 6) is 0. The molecule has 0 bridgehead atoms. The van der Waals surface area contributed by atoms with Crippen molar-refractivity contribution in [3.63, 3.8) is 0 Å².